The lowest BCUT2D eigenvalue weighted by atomic mass is 9.99. The monoisotopic (exact) mass is 503 g/mol. The molecule has 1 N–H and O–H groups in total. The normalized spacial score (nSPS) is 20.6. The van der Waals surface area contributed by atoms with Gasteiger partial charge in [-0.25, -0.2) is 0 Å². The first-order valence-electron chi connectivity index (χ1n) is 15.7. The Balaban J connectivity index is 2.10. The molecule has 0 amide bonds. The minimum atomic E-state index is -0.00810. The van der Waals surface area contributed by atoms with E-state index in [-0.39, 0.29) is 6.29 Å². The summed E-state index contributed by atoms with van der Waals surface area (Å²) in [6.45, 7) is 5.33. The van der Waals surface area contributed by atoms with E-state index in [0.717, 1.165) is 32.2 Å². The van der Waals surface area contributed by atoms with Gasteiger partial charge in [0.1, 0.15) is 0 Å². The van der Waals surface area contributed by atoms with Gasteiger partial charge in [0.05, 0.1) is 12.2 Å². The zero-order valence-corrected chi connectivity index (χ0v) is 24.4. The first-order valence-corrected chi connectivity index (χ1v) is 15.7. The number of unbranched alkanes of at least 4 members (excludes halogenated alkanes) is 13. The molecular formula is C33H61NO2. The highest BCUT2D eigenvalue weighted by molar-refractivity contribution is 4.92. The maximum Gasteiger partial charge on any atom is 0.159 e. The van der Waals surface area contributed by atoms with Gasteiger partial charge in [0.2, 0.25) is 0 Å². The number of hydrogen-bond donors (Lipinski definition) is 1. The van der Waals surface area contributed by atoms with Gasteiger partial charge in [0, 0.05) is 6.42 Å². The fraction of sp³-hybridized carbons (Fsp3) is 0.818. The van der Waals surface area contributed by atoms with Crippen LogP contribution in [0.3, 0.4) is 0 Å². The molecule has 1 rings (SSSR count). The number of allylic oxidation sites excluding steroid dienone is 6. The van der Waals surface area contributed by atoms with E-state index >= 15 is 0 Å². The van der Waals surface area contributed by atoms with Crippen molar-refractivity contribution in [2.75, 3.05) is 13.6 Å². The molecule has 1 aliphatic heterocycles. The SMILES string of the molecule is C/C=C\CCCCCCCC1OC(CCNC)OC1CCCCCCC/C=C\C/C=C\CCCCC. The minimum Gasteiger partial charge on any atom is -0.347 e. The van der Waals surface area contributed by atoms with Crippen molar-refractivity contribution in [2.45, 2.75) is 161 Å². The Kier molecular flexibility index (Phi) is 23.7. The molecule has 3 atom stereocenters. The van der Waals surface area contributed by atoms with Crippen LogP contribution in [0.25, 0.3) is 0 Å². The predicted octanol–water partition coefficient (Wildman–Crippen LogP) is 9.83. The highest BCUT2D eigenvalue weighted by Crippen LogP contribution is 2.29. The fourth-order valence-electron chi connectivity index (χ4n) is 4.97. The number of rotatable bonds is 25. The van der Waals surface area contributed by atoms with E-state index in [1.807, 2.05) is 7.05 Å². The van der Waals surface area contributed by atoms with Crippen LogP contribution in [0.4, 0.5) is 0 Å². The Morgan fingerprint density at radius 2 is 1.08 bits per heavy atom. The summed E-state index contributed by atoms with van der Waals surface area (Å²) in [5.41, 5.74) is 0. The molecule has 3 nitrogen and oxygen atoms in total. The Morgan fingerprint density at radius 3 is 1.61 bits per heavy atom. The van der Waals surface area contributed by atoms with Crippen molar-refractivity contribution in [3.8, 4) is 0 Å². The summed E-state index contributed by atoms with van der Waals surface area (Å²) in [5.74, 6) is 0. The lowest BCUT2D eigenvalue weighted by molar-refractivity contribution is -0.0709. The molecule has 1 fully saturated rings. The third-order valence-corrected chi connectivity index (χ3v) is 7.23. The molecule has 0 saturated carbocycles. The molecule has 210 valence electrons. The molecule has 3 unspecified atom stereocenters. The molecule has 1 heterocycles. The third-order valence-electron chi connectivity index (χ3n) is 7.23. The van der Waals surface area contributed by atoms with Crippen LogP contribution >= 0.6 is 0 Å². The van der Waals surface area contributed by atoms with Crippen molar-refractivity contribution in [2.24, 2.45) is 0 Å². The van der Waals surface area contributed by atoms with Crippen LogP contribution in [0, 0.1) is 0 Å². The highest BCUT2D eigenvalue weighted by Gasteiger charge is 2.34. The molecule has 0 aromatic rings. The zero-order valence-electron chi connectivity index (χ0n) is 24.4. The van der Waals surface area contributed by atoms with Gasteiger partial charge >= 0.3 is 0 Å². The minimum absolute atomic E-state index is 0.00810. The molecule has 0 spiro atoms. The van der Waals surface area contributed by atoms with Crippen molar-refractivity contribution in [1.82, 2.24) is 5.32 Å². The maximum absolute atomic E-state index is 6.33. The van der Waals surface area contributed by atoms with Crippen LogP contribution in [0.1, 0.15) is 142 Å². The second kappa shape index (κ2) is 25.7. The van der Waals surface area contributed by atoms with Crippen LogP contribution in [0.5, 0.6) is 0 Å². The summed E-state index contributed by atoms with van der Waals surface area (Å²) < 4.78 is 12.7. The van der Waals surface area contributed by atoms with Gasteiger partial charge in [0.25, 0.3) is 0 Å². The van der Waals surface area contributed by atoms with Gasteiger partial charge in [0.15, 0.2) is 6.29 Å². The summed E-state index contributed by atoms with van der Waals surface area (Å²) in [6.07, 6.45) is 39.8. The second-order valence-corrected chi connectivity index (χ2v) is 10.6. The summed E-state index contributed by atoms with van der Waals surface area (Å²) in [4.78, 5) is 0. The van der Waals surface area contributed by atoms with Crippen molar-refractivity contribution in [1.29, 1.82) is 0 Å². The molecule has 0 bridgehead atoms. The summed E-state index contributed by atoms with van der Waals surface area (Å²) in [7, 11) is 2.00. The number of nitrogens with one attached hydrogen (secondary N) is 1. The molecular weight excluding hydrogens is 442 g/mol. The first kappa shape index (κ1) is 33.1. The average Bonchev–Trinajstić information content (AvgIpc) is 3.28. The van der Waals surface area contributed by atoms with Gasteiger partial charge in [-0.15, -0.1) is 0 Å². The van der Waals surface area contributed by atoms with Crippen LogP contribution < -0.4 is 5.32 Å². The van der Waals surface area contributed by atoms with Crippen molar-refractivity contribution in [3.05, 3.63) is 36.5 Å². The van der Waals surface area contributed by atoms with E-state index in [1.165, 1.54) is 103 Å². The standard InChI is InChI=1S/C33H61NO2/c1-4-6-8-10-12-14-15-16-17-18-19-20-22-24-26-28-32-31(35-33(36-32)29-30-34-3)27-25-23-21-13-11-9-7-5-2/h5,7,12,14,16-17,31-34H,4,6,8-11,13,15,18-30H2,1-3H3/b7-5-,14-12-,17-16-. The Labute approximate surface area is 225 Å². The molecule has 0 aromatic carbocycles. The topological polar surface area (TPSA) is 30.5 Å². The van der Waals surface area contributed by atoms with Crippen molar-refractivity contribution in [3.63, 3.8) is 0 Å². The van der Waals surface area contributed by atoms with Crippen molar-refractivity contribution < 1.29 is 9.47 Å². The quantitative estimate of drug-likeness (QED) is 0.0993. The molecule has 1 aliphatic rings. The number of ether oxygens (including phenoxy) is 2. The molecule has 0 radical (unpaired) electrons. The van der Waals surface area contributed by atoms with Gasteiger partial charge in [-0.3, -0.25) is 0 Å². The summed E-state index contributed by atoms with van der Waals surface area (Å²) in [5, 5.41) is 3.23. The zero-order chi connectivity index (χ0) is 25.9. The van der Waals surface area contributed by atoms with E-state index in [0.29, 0.717) is 12.2 Å². The smallest absolute Gasteiger partial charge is 0.159 e. The highest BCUT2D eigenvalue weighted by atomic mass is 16.7. The molecule has 3 heteroatoms. The van der Waals surface area contributed by atoms with Crippen LogP contribution in [0.2, 0.25) is 0 Å². The molecule has 0 aromatic heterocycles. The Bertz CT molecular complexity index is 542. The average molecular weight is 504 g/mol. The summed E-state index contributed by atoms with van der Waals surface area (Å²) >= 11 is 0. The van der Waals surface area contributed by atoms with Crippen molar-refractivity contribution >= 4 is 0 Å². The third kappa shape index (κ3) is 19.2. The van der Waals surface area contributed by atoms with Gasteiger partial charge in [-0.1, -0.05) is 108 Å². The Morgan fingerprint density at radius 1 is 0.583 bits per heavy atom. The van der Waals surface area contributed by atoms with E-state index in [9.17, 15) is 0 Å². The number of hydrogen-bond acceptors (Lipinski definition) is 3. The van der Waals surface area contributed by atoms with E-state index in [4.69, 9.17) is 9.47 Å². The molecule has 36 heavy (non-hydrogen) atoms. The Hall–Kier alpha value is -0.900. The van der Waals surface area contributed by atoms with Gasteiger partial charge in [-0.05, 0) is 78.3 Å². The van der Waals surface area contributed by atoms with E-state index in [2.05, 4.69) is 55.6 Å². The summed E-state index contributed by atoms with van der Waals surface area (Å²) in [6, 6.07) is 0. The maximum atomic E-state index is 6.33. The van der Waals surface area contributed by atoms with Crippen LogP contribution in [-0.4, -0.2) is 32.1 Å². The van der Waals surface area contributed by atoms with Gasteiger partial charge in [-0.2, -0.15) is 0 Å². The van der Waals surface area contributed by atoms with Crippen LogP contribution in [-0.2, 0) is 9.47 Å². The van der Waals surface area contributed by atoms with E-state index < -0.39 is 0 Å². The first-order chi connectivity index (χ1) is 17.8. The largest absolute Gasteiger partial charge is 0.347 e. The predicted molar refractivity (Wildman–Crippen MR) is 159 cm³/mol. The molecule has 0 aliphatic carbocycles. The fourth-order valence-corrected chi connectivity index (χ4v) is 4.97. The van der Waals surface area contributed by atoms with E-state index in [1.54, 1.807) is 0 Å². The van der Waals surface area contributed by atoms with Crippen LogP contribution in [0.15, 0.2) is 36.5 Å². The van der Waals surface area contributed by atoms with Gasteiger partial charge < -0.3 is 14.8 Å². The lowest BCUT2D eigenvalue weighted by Gasteiger charge is -2.16. The second-order valence-electron chi connectivity index (χ2n) is 10.6. The molecule has 1 saturated heterocycles. The lowest BCUT2D eigenvalue weighted by Crippen LogP contribution is -2.22.